The minimum atomic E-state index is -0.281. The third-order valence-electron chi connectivity index (χ3n) is 4.54. The molecule has 0 fully saturated rings. The van der Waals surface area contributed by atoms with Crippen molar-refractivity contribution >= 4 is 11.8 Å². The number of hydrogen-bond donors (Lipinski definition) is 2. The van der Waals surface area contributed by atoms with Gasteiger partial charge in [-0.15, -0.1) is 0 Å². The van der Waals surface area contributed by atoms with Gasteiger partial charge in [0.1, 0.15) is 5.82 Å². The van der Waals surface area contributed by atoms with E-state index >= 15 is 0 Å². The van der Waals surface area contributed by atoms with Crippen molar-refractivity contribution in [3.63, 3.8) is 0 Å². The second kappa shape index (κ2) is 10.2. The zero-order valence-corrected chi connectivity index (χ0v) is 16.0. The standard InChI is InChI=1S/C24H23FN2O2/c25-22-11-9-19(10-12-22)14-16-27-24(29)21-8-4-7-20(17-21)23(28)26-15-13-18-5-2-1-3-6-18/h1-12,17H,13-16H2,(H,26,28)(H,27,29). The van der Waals surface area contributed by atoms with Gasteiger partial charge in [-0.2, -0.15) is 0 Å². The Morgan fingerprint density at radius 1 is 0.655 bits per heavy atom. The third kappa shape index (κ3) is 6.28. The fraction of sp³-hybridized carbons (Fsp3) is 0.167. The fourth-order valence-electron chi connectivity index (χ4n) is 2.94. The maximum Gasteiger partial charge on any atom is 0.251 e. The molecule has 0 radical (unpaired) electrons. The molecule has 0 aliphatic heterocycles. The number of amides is 2. The first-order valence-corrected chi connectivity index (χ1v) is 9.56. The van der Waals surface area contributed by atoms with Crippen LogP contribution in [0.1, 0.15) is 31.8 Å². The lowest BCUT2D eigenvalue weighted by molar-refractivity contribution is 0.0953. The lowest BCUT2D eigenvalue weighted by Crippen LogP contribution is -2.28. The number of rotatable bonds is 8. The molecule has 0 aliphatic rings. The fourth-order valence-corrected chi connectivity index (χ4v) is 2.94. The Balaban J connectivity index is 1.49. The summed E-state index contributed by atoms with van der Waals surface area (Å²) in [6, 6.07) is 22.8. The highest BCUT2D eigenvalue weighted by atomic mass is 19.1. The van der Waals surface area contributed by atoms with Crippen LogP contribution in [0.3, 0.4) is 0 Å². The smallest absolute Gasteiger partial charge is 0.251 e. The van der Waals surface area contributed by atoms with E-state index in [4.69, 9.17) is 0 Å². The first-order chi connectivity index (χ1) is 14.1. The predicted octanol–water partition coefficient (Wildman–Crippen LogP) is 3.77. The number of carbonyl (C=O) groups is 2. The zero-order chi connectivity index (χ0) is 20.5. The minimum Gasteiger partial charge on any atom is -0.352 e. The molecule has 3 rings (SSSR count). The van der Waals surface area contributed by atoms with E-state index < -0.39 is 0 Å². The van der Waals surface area contributed by atoms with Crippen molar-refractivity contribution in [2.24, 2.45) is 0 Å². The molecule has 3 aromatic rings. The molecule has 2 amide bonds. The van der Waals surface area contributed by atoms with Gasteiger partial charge in [-0.3, -0.25) is 9.59 Å². The largest absolute Gasteiger partial charge is 0.352 e. The highest BCUT2D eigenvalue weighted by molar-refractivity contribution is 5.99. The molecule has 0 heterocycles. The topological polar surface area (TPSA) is 58.2 Å². The van der Waals surface area contributed by atoms with Crippen LogP contribution in [0, 0.1) is 5.82 Å². The minimum absolute atomic E-state index is 0.207. The summed E-state index contributed by atoms with van der Waals surface area (Å²) < 4.78 is 12.9. The summed E-state index contributed by atoms with van der Waals surface area (Å²) in [5.74, 6) is -0.732. The van der Waals surface area contributed by atoms with E-state index in [1.165, 1.54) is 12.1 Å². The van der Waals surface area contributed by atoms with Crippen LogP contribution in [0.5, 0.6) is 0 Å². The van der Waals surface area contributed by atoms with Crippen molar-refractivity contribution in [3.05, 3.63) is 107 Å². The molecule has 5 heteroatoms. The number of carbonyl (C=O) groups excluding carboxylic acids is 2. The van der Waals surface area contributed by atoms with Crippen LogP contribution in [0.4, 0.5) is 4.39 Å². The van der Waals surface area contributed by atoms with Crippen molar-refractivity contribution in [1.29, 1.82) is 0 Å². The first kappa shape index (κ1) is 20.3. The maximum atomic E-state index is 12.9. The van der Waals surface area contributed by atoms with Gasteiger partial charge in [-0.1, -0.05) is 48.5 Å². The van der Waals surface area contributed by atoms with Gasteiger partial charge in [0.2, 0.25) is 0 Å². The molecule has 3 aromatic carbocycles. The molecule has 0 spiro atoms. The number of halogens is 1. The Kier molecular flexibility index (Phi) is 7.11. The molecule has 0 atom stereocenters. The number of nitrogens with one attached hydrogen (secondary N) is 2. The average Bonchev–Trinajstić information content (AvgIpc) is 2.76. The molecular formula is C24H23FN2O2. The molecule has 0 aliphatic carbocycles. The summed E-state index contributed by atoms with van der Waals surface area (Å²) in [5.41, 5.74) is 2.98. The van der Waals surface area contributed by atoms with Crippen LogP contribution in [-0.2, 0) is 12.8 Å². The summed E-state index contributed by atoms with van der Waals surface area (Å²) in [6.45, 7) is 0.953. The molecule has 0 unspecified atom stereocenters. The van der Waals surface area contributed by atoms with Crippen LogP contribution in [-0.4, -0.2) is 24.9 Å². The van der Waals surface area contributed by atoms with E-state index in [2.05, 4.69) is 10.6 Å². The van der Waals surface area contributed by atoms with Crippen molar-refractivity contribution < 1.29 is 14.0 Å². The van der Waals surface area contributed by atoms with E-state index in [9.17, 15) is 14.0 Å². The van der Waals surface area contributed by atoms with Crippen molar-refractivity contribution in [1.82, 2.24) is 10.6 Å². The summed E-state index contributed by atoms with van der Waals surface area (Å²) >= 11 is 0. The maximum absolute atomic E-state index is 12.9. The van der Waals surface area contributed by atoms with Gasteiger partial charge in [0.25, 0.3) is 11.8 Å². The normalized spacial score (nSPS) is 10.4. The number of benzene rings is 3. The van der Waals surface area contributed by atoms with Crippen LogP contribution in [0.2, 0.25) is 0 Å². The highest BCUT2D eigenvalue weighted by Gasteiger charge is 2.10. The Labute approximate surface area is 169 Å². The van der Waals surface area contributed by atoms with Crippen molar-refractivity contribution in [2.75, 3.05) is 13.1 Å². The van der Waals surface area contributed by atoms with E-state index in [1.807, 2.05) is 30.3 Å². The highest BCUT2D eigenvalue weighted by Crippen LogP contribution is 2.07. The molecule has 0 saturated heterocycles. The van der Waals surface area contributed by atoms with E-state index in [-0.39, 0.29) is 17.6 Å². The van der Waals surface area contributed by atoms with Crippen molar-refractivity contribution in [3.8, 4) is 0 Å². The van der Waals surface area contributed by atoms with Crippen LogP contribution in [0.25, 0.3) is 0 Å². The molecule has 0 aromatic heterocycles. The molecule has 2 N–H and O–H groups in total. The van der Waals surface area contributed by atoms with Gasteiger partial charge in [-0.05, 0) is 54.3 Å². The molecule has 148 valence electrons. The number of hydrogen-bond acceptors (Lipinski definition) is 2. The summed E-state index contributed by atoms with van der Waals surface area (Å²) in [5, 5.41) is 5.71. The van der Waals surface area contributed by atoms with Gasteiger partial charge >= 0.3 is 0 Å². The first-order valence-electron chi connectivity index (χ1n) is 9.56. The summed E-state index contributed by atoms with van der Waals surface area (Å²) in [4.78, 5) is 24.7. The molecule has 0 saturated carbocycles. The lowest BCUT2D eigenvalue weighted by atomic mass is 10.1. The van der Waals surface area contributed by atoms with Gasteiger partial charge in [0.05, 0.1) is 0 Å². The Hall–Kier alpha value is -3.47. The lowest BCUT2D eigenvalue weighted by Gasteiger charge is -2.08. The molecular weight excluding hydrogens is 367 g/mol. The Morgan fingerprint density at radius 3 is 1.72 bits per heavy atom. The van der Waals surface area contributed by atoms with E-state index in [0.717, 1.165) is 17.5 Å². The second-order valence-electron chi connectivity index (χ2n) is 6.70. The van der Waals surface area contributed by atoms with Crippen LogP contribution in [0.15, 0.2) is 78.9 Å². The Morgan fingerprint density at radius 2 is 1.17 bits per heavy atom. The summed E-state index contributed by atoms with van der Waals surface area (Å²) in [7, 11) is 0. The zero-order valence-electron chi connectivity index (χ0n) is 16.0. The average molecular weight is 390 g/mol. The predicted molar refractivity (Wildman–Crippen MR) is 111 cm³/mol. The Bertz CT molecular complexity index is 956. The van der Waals surface area contributed by atoms with Crippen LogP contribution >= 0.6 is 0 Å². The quantitative estimate of drug-likeness (QED) is 0.615. The van der Waals surface area contributed by atoms with Crippen molar-refractivity contribution in [2.45, 2.75) is 12.8 Å². The summed E-state index contributed by atoms with van der Waals surface area (Å²) in [6.07, 6.45) is 1.35. The second-order valence-corrected chi connectivity index (χ2v) is 6.70. The molecule has 29 heavy (non-hydrogen) atoms. The monoisotopic (exact) mass is 390 g/mol. The van der Waals surface area contributed by atoms with E-state index in [0.29, 0.717) is 30.6 Å². The van der Waals surface area contributed by atoms with Gasteiger partial charge in [0.15, 0.2) is 0 Å². The van der Waals surface area contributed by atoms with Crippen LogP contribution < -0.4 is 10.6 Å². The third-order valence-corrected chi connectivity index (χ3v) is 4.54. The van der Waals surface area contributed by atoms with Gasteiger partial charge < -0.3 is 10.6 Å². The van der Waals surface area contributed by atoms with Gasteiger partial charge in [0, 0.05) is 24.2 Å². The van der Waals surface area contributed by atoms with E-state index in [1.54, 1.807) is 36.4 Å². The SMILES string of the molecule is O=C(NCCc1ccccc1)c1cccc(C(=O)NCCc2ccc(F)cc2)c1. The molecule has 4 nitrogen and oxygen atoms in total. The molecule has 0 bridgehead atoms. The van der Waals surface area contributed by atoms with Gasteiger partial charge in [-0.25, -0.2) is 4.39 Å².